The third kappa shape index (κ3) is 2.60. The van der Waals surface area contributed by atoms with Crippen molar-refractivity contribution in [2.24, 2.45) is 0 Å². The fourth-order valence-electron chi connectivity index (χ4n) is 2.70. The van der Waals surface area contributed by atoms with Crippen LogP contribution in [0.25, 0.3) is 10.9 Å². The van der Waals surface area contributed by atoms with Crippen molar-refractivity contribution >= 4 is 16.9 Å². The summed E-state index contributed by atoms with van der Waals surface area (Å²) in [6, 6.07) is 16.1. The number of esters is 1. The first-order chi connectivity index (χ1) is 10.7. The van der Waals surface area contributed by atoms with Crippen molar-refractivity contribution in [3.8, 4) is 0 Å². The van der Waals surface area contributed by atoms with Crippen LogP contribution in [0.1, 0.15) is 24.0 Å². The molecule has 0 saturated carbocycles. The smallest absolute Gasteiger partial charge is 0.312 e. The van der Waals surface area contributed by atoms with Crippen molar-refractivity contribution in [2.75, 3.05) is 7.11 Å². The molecule has 3 aromatic rings. The molecule has 22 heavy (non-hydrogen) atoms. The molecule has 0 bridgehead atoms. The second-order valence-electron chi connectivity index (χ2n) is 5.32. The minimum atomic E-state index is -0.320. The van der Waals surface area contributed by atoms with Crippen LogP contribution in [-0.4, -0.2) is 22.9 Å². The molecule has 1 unspecified atom stereocenters. The Morgan fingerprint density at radius 3 is 2.68 bits per heavy atom. The molecule has 4 nitrogen and oxygen atoms in total. The molecule has 0 aliphatic heterocycles. The summed E-state index contributed by atoms with van der Waals surface area (Å²) >= 11 is 0. The topological polar surface area (TPSA) is 44.1 Å². The molecular weight excluding hydrogens is 276 g/mol. The van der Waals surface area contributed by atoms with E-state index in [1.54, 1.807) is 0 Å². The summed E-state index contributed by atoms with van der Waals surface area (Å²) in [5.41, 5.74) is 3.11. The summed E-state index contributed by atoms with van der Waals surface area (Å²) in [6.07, 6.45) is 1.84. The van der Waals surface area contributed by atoms with Crippen molar-refractivity contribution in [1.29, 1.82) is 0 Å². The molecule has 112 valence electrons. The Labute approximate surface area is 129 Å². The van der Waals surface area contributed by atoms with Crippen LogP contribution in [-0.2, 0) is 16.1 Å². The van der Waals surface area contributed by atoms with Gasteiger partial charge in [0.1, 0.15) is 0 Å². The van der Waals surface area contributed by atoms with Gasteiger partial charge in [-0.05, 0) is 18.1 Å². The first-order valence-electron chi connectivity index (χ1n) is 7.27. The summed E-state index contributed by atoms with van der Waals surface area (Å²) in [5, 5.41) is 5.52. The zero-order chi connectivity index (χ0) is 15.5. The van der Waals surface area contributed by atoms with Gasteiger partial charge in [0.05, 0.1) is 31.3 Å². The number of fused-ring (bicyclic) bond motifs is 1. The number of carbonyl (C=O) groups excluding carboxylic acids is 1. The predicted molar refractivity (Wildman–Crippen MR) is 85.7 cm³/mol. The molecule has 0 radical (unpaired) electrons. The summed E-state index contributed by atoms with van der Waals surface area (Å²) < 4.78 is 6.83. The number of benzene rings is 2. The van der Waals surface area contributed by atoms with Crippen LogP contribution < -0.4 is 0 Å². The number of para-hydroxylation sites is 1. The van der Waals surface area contributed by atoms with Gasteiger partial charge in [-0.25, -0.2) is 0 Å². The molecular formula is C18H18N2O2. The van der Waals surface area contributed by atoms with Gasteiger partial charge in [0.2, 0.25) is 0 Å². The van der Waals surface area contributed by atoms with Gasteiger partial charge in [-0.1, -0.05) is 48.5 Å². The van der Waals surface area contributed by atoms with Crippen molar-refractivity contribution in [1.82, 2.24) is 9.78 Å². The number of carbonyl (C=O) groups is 1. The van der Waals surface area contributed by atoms with E-state index in [1.807, 2.05) is 54.2 Å². The van der Waals surface area contributed by atoms with E-state index >= 15 is 0 Å². The van der Waals surface area contributed by atoms with Crippen LogP contribution in [0.3, 0.4) is 0 Å². The first kappa shape index (κ1) is 14.3. The van der Waals surface area contributed by atoms with E-state index in [9.17, 15) is 4.79 Å². The Morgan fingerprint density at radius 1 is 1.18 bits per heavy atom. The lowest BCUT2D eigenvalue weighted by atomic mass is 9.99. The van der Waals surface area contributed by atoms with Gasteiger partial charge in [0, 0.05) is 5.39 Å². The number of hydrogen-bond donors (Lipinski definition) is 0. The maximum Gasteiger partial charge on any atom is 0.312 e. The van der Waals surface area contributed by atoms with Gasteiger partial charge in [0.25, 0.3) is 0 Å². The second-order valence-corrected chi connectivity index (χ2v) is 5.32. The monoisotopic (exact) mass is 294 g/mol. The van der Waals surface area contributed by atoms with Gasteiger partial charge >= 0.3 is 5.97 Å². The predicted octanol–water partition coefficient (Wildman–Crippen LogP) is 3.36. The van der Waals surface area contributed by atoms with E-state index in [0.29, 0.717) is 6.54 Å². The van der Waals surface area contributed by atoms with Crippen LogP contribution in [0.2, 0.25) is 0 Å². The zero-order valence-electron chi connectivity index (χ0n) is 12.7. The second kappa shape index (κ2) is 6.02. The van der Waals surface area contributed by atoms with Crippen LogP contribution in [0.15, 0.2) is 54.7 Å². The molecule has 1 atom stereocenters. The van der Waals surface area contributed by atoms with E-state index in [-0.39, 0.29) is 11.9 Å². The minimum Gasteiger partial charge on any atom is -0.469 e. The average Bonchev–Trinajstić information content (AvgIpc) is 2.97. The minimum absolute atomic E-state index is 0.236. The normalized spacial score (nSPS) is 12.3. The Bertz CT molecular complexity index is 793. The standard InChI is InChI=1S/C18H18N2O2/c1-13(18(21)22-2)16-10-6-9-15-11-19-20(17(15)16)12-14-7-4-3-5-8-14/h3-11,13H,12H2,1-2H3. The lowest BCUT2D eigenvalue weighted by molar-refractivity contribution is -0.141. The summed E-state index contributed by atoms with van der Waals surface area (Å²) in [6.45, 7) is 2.54. The van der Waals surface area contributed by atoms with E-state index < -0.39 is 0 Å². The largest absolute Gasteiger partial charge is 0.469 e. The summed E-state index contributed by atoms with van der Waals surface area (Å²) in [4.78, 5) is 11.9. The fourth-order valence-corrected chi connectivity index (χ4v) is 2.70. The molecule has 4 heteroatoms. The molecule has 0 fully saturated rings. The molecule has 3 rings (SSSR count). The number of ether oxygens (including phenoxy) is 1. The number of rotatable bonds is 4. The van der Waals surface area contributed by atoms with Crippen molar-refractivity contribution in [3.05, 3.63) is 65.9 Å². The maximum absolute atomic E-state index is 11.9. The molecule has 0 aliphatic rings. The average molecular weight is 294 g/mol. The molecule has 0 N–H and O–H groups in total. The highest BCUT2D eigenvalue weighted by Crippen LogP contribution is 2.27. The lowest BCUT2D eigenvalue weighted by Gasteiger charge is -2.13. The van der Waals surface area contributed by atoms with Crippen molar-refractivity contribution < 1.29 is 9.53 Å². The third-order valence-electron chi connectivity index (χ3n) is 3.89. The molecule has 2 aromatic carbocycles. The Hall–Kier alpha value is -2.62. The van der Waals surface area contributed by atoms with Crippen LogP contribution in [0.4, 0.5) is 0 Å². The van der Waals surface area contributed by atoms with Gasteiger partial charge in [0.15, 0.2) is 0 Å². The van der Waals surface area contributed by atoms with Crippen LogP contribution in [0, 0.1) is 0 Å². The highest BCUT2D eigenvalue weighted by molar-refractivity contribution is 5.88. The highest BCUT2D eigenvalue weighted by atomic mass is 16.5. The van der Waals surface area contributed by atoms with Crippen molar-refractivity contribution in [2.45, 2.75) is 19.4 Å². The quantitative estimate of drug-likeness (QED) is 0.693. The molecule has 1 heterocycles. The van der Waals surface area contributed by atoms with Crippen LogP contribution >= 0.6 is 0 Å². The van der Waals surface area contributed by atoms with Crippen LogP contribution in [0.5, 0.6) is 0 Å². The van der Waals surface area contributed by atoms with Gasteiger partial charge < -0.3 is 4.74 Å². The first-order valence-corrected chi connectivity index (χ1v) is 7.27. The van der Waals surface area contributed by atoms with Crippen molar-refractivity contribution in [3.63, 3.8) is 0 Å². The Balaban J connectivity index is 2.07. The maximum atomic E-state index is 11.9. The Morgan fingerprint density at radius 2 is 1.95 bits per heavy atom. The molecule has 1 aromatic heterocycles. The SMILES string of the molecule is COC(=O)C(C)c1cccc2cnn(Cc3ccccc3)c12. The van der Waals surface area contributed by atoms with E-state index in [2.05, 4.69) is 17.2 Å². The summed E-state index contributed by atoms with van der Waals surface area (Å²) in [7, 11) is 1.42. The lowest BCUT2D eigenvalue weighted by Crippen LogP contribution is -2.13. The van der Waals surface area contributed by atoms with E-state index in [1.165, 1.54) is 12.7 Å². The summed E-state index contributed by atoms with van der Waals surface area (Å²) in [5.74, 6) is -0.556. The zero-order valence-corrected chi connectivity index (χ0v) is 12.7. The molecule has 0 aliphatic carbocycles. The fraction of sp³-hybridized carbons (Fsp3) is 0.222. The Kier molecular flexibility index (Phi) is 3.92. The van der Waals surface area contributed by atoms with Gasteiger partial charge in [-0.2, -0.15) is 5.10 Å². The highest BCUT2D eigenvalue weighted by Gasteiger charge is 2.20. The number of nitrogens with zero attached hydrogens (tertiary/aromatic N) is 2. The van der Waals surface area contributed by atoms with E-state index in [0.717, 1.165) is 16.5 Å². The number of methoxy groups -OCH3 is 1. The van der Waals surface area contributed by atoms with Gasteiger partial charge in [-0.3, -0.25) is 9.48 Å². The molecule has 0 saturated heterocycles. The van der Waals surface area contributed by atoms with E-state index in [4.69, 9.17) is 4.74 Å². The third-order valence-corrected chi connectivity index (χ3v) is 3.89. The number of aromatic nitrogens is 2. The molecule has 0 amide bonds. The number of hydrogen-bond acceptors (Lipinski definition) is 3. The molecule has 0 spiro atoms. The van der Waals surface area contributed by atoms with Gasteiger partial charge in [-0.15, -0.1) is 0 Å².